The van der Waals surface area contributed by atoms with Crippen molar-refractivity contribution in [3.05, 3.63) is 29.2 Å². The quantitative estimate of drug-likeness (QED) is 0.819. The van der Waals surface area contributed by atoms with Gasteiger partial charge in [-0.3, -0.25) is 19.4 Å². The van der Waals surface area contributed by atoms with E-state index in [0.717, 1.165) is 0 Å². The second-order valence-electron chi connectivity index (χ2n) is 3.73. The number of amides is 1. The molecule has 6 nitrogen and oxygen atoms in total. The first-order chi connectivity index (χ1) is 8.65. The fourth-order valence-corrected chi connectivity index (χ4v) is 1.96. The van der Waals surface area contributed by atoms with Gasteiger partial charge in [0.1, 0.15) is 11.7 Å². The number of hydrogen-bond acceptors (Lipinski definition) is 4. The van der Waals surface area contributed by atoms with Gasteiger partial charge in [-0.25, -0.2) is 0 Å². The van der Waals surface area contributed by atoms with E-state index in [0.29, 0.717) is 16.3 Å². The second kappa shape index (κ2) is 5.09. The molecule has 94 valence electrons. The van der Waals surface area contributed by atoms with Crippen molar-refractivity contribution in [2.45, 2.75) is 13.0 Å². The summed E-state index contributed by atoms with van der Waals surface area (Å²) in [6, 6.07) is 5.04. The highest BCUT2D eigenvalue weighted by atomic mass is 32.1. The fraction of sp³-hybridized carbons (Fsp3) is 0.273. The van der Waals surface area contributed by atoms with Crippen LogP contribution in [0.2, 0.25) is 0 Å². The van der Waals surface area contributed by atoms with Crippen molar-refractivity contribution in [3.8, 4) is 11.5 Å². The van der Waals surface area contributed by atoms with E-state index < -0.39 is 6.04 Å². The molecule has 0 bridgehead atoms. The Bertz CT molecular complexity index is 603. The molecule has 18 heavy (non-hydrogen) atoms. The van der Waals surface area contributed by atoms with E-state index in [1.165, 1.54) is 0 Å². The largest absolute Gasteiger partial charge is 0.357 e. The molecule has 0 saturated carbocycles. The van der Waals surface area contributed by atoms with Gasteiger partial charge < -0.3 is 5.32 Å². The zero-order valence-corrected chi connectivity index (χ0v) is 10.9. The molecule has 2 aromatic rings. The summed E-state index contributed by atoms with van der Waals surface area (Å²) in [7, 11) is 1.59. The van der Waals surface area contributed by atoms with Gasteiger partial charge in [-0.1, -0.05) is 6.07 Å². The standard InChI is InChI=1S/C11H13N5OS/c1-7(10(17)12-2)16-9(14-15-11(16)18)8-5-3-4-6-13-8/h3-7H,1-2H3,(H,12,17)(H,15,18). The number of carbonyl (C=O) groups is 1. The van der Waals surface area contributed by atoms with Gasteiger partial charge in [-0.05, 0) is 31.3 Å². The Labute approximate surface area is 109 Å². The van der Waals surface area contributed by atoms with Crippen molar-refractivity contribution in [2.24, 2.45) is 0 Å². The molecule has 0 aliphatic carbocycles. The Morgan fingerprint density at radius 3 is 2.94 bits per heavy atom. The minimum atomic E-state index is -0.446. The summed E-state index contributed by atoms with van der Waals surface area (Å²) in [5, 5.41) is 9.41. The van der Waals surface area contributed by atoms with Gasteiger partial charge in [-0.2, -0.15) is 5.10 Å². The molecule has 0 saturated heterocycles. The SMILES string of the molecule is CNC(=O)C(C)n1c(-c2ccccn2)n[nH]c1=S. The smallest absolute Gasteiger partial charge is 0.242 e. The number of H-pyrrole nitrogens is 1. The Morgan fingerprint density at radius 1 is 1.56 bits per heavy atom. The maximum atomic E-state index is 11.7. The van der Waals surface area contributed by atoms with Crippen LogP contribution >= 0.6 is 12.2 Å². The molecule has 1 atom stereocenters. The maximum absolute atomic E-state index is 11.7. The van der Waals surface area contributed by atoms with E-state index in [4.69, 9.17) is 12.2 Å². The highest BCUT2D eigenvalue weighted by Gasteiger charge is 2.20. The molecular weight excluding hydrogens is 250 g/mol. The van der Waals surface area contributed by atoms with Crippen LogP contribution in [0.25, 0.3) is 11.5 Å². The number of aromatic amines is 1. The maximum Gasteiger partial charge on any atom is 0.242 e. The minimum Gasteiger partial charge on any atom is -0.357 e. The predicted octanol–water partition coefficient (Wildman–Crippen LogP) is 1.31. The molecule has 1 amide bonds. The molecule has 7 heteroatoms. The topological polar surface area (TPSA) is 75.6 Å². The third-order valence-electron chi connectivity index (χ3n) is 2.61. The van der Waals surface area contributed by atoms with Crippen molar-refractivity contribution < 1.29 is 4.79 Å². The number of likely N-dealkylation sites (N-methyl/N-ethyl adjacent to an activating group) is 1. The second-order valence-corrected chi connectivity index (χ2v) is 4.11. The van der Waals surface area contributed by atoms with Crippen LogP contribution in [-0.2, 0) is 4.79 Å². The van der Waals surface area contributed by atoms with Crippen molar-refractivity contribution in [1.29, 1.82) is 0 Å². The van der Waals surface area contributed by atoms with Crippen LogP contribution in [0.5, 0.6) is 0 Å². The Morgan fingerprint density at radius 2 is 2.33 bits per heavy atom. The predicted molar refractivity (Wildman–Crippen MR) is 69.4 cm³/mol. The van der Waals surface area contributed by atoms with Crippen LogP contribution in [0.4, 0.5) is 0 Å². The van der Waals surface area contributed by atoms with E-state index in [-0.39, 0.29) is 5.91 Å². The van der Waals surface area contributed by atoms with Crippen molar-refractivity contribution in [1.82, 2.24) is 25.1 Å². The number of pyridine rings is 1. The van der Waals surface area contributed by atoms with Crippen LogP contribution in [0.15, 0.2) is 24.4 Å². The van der Waals surface area contributed by atoms with Crippen molar-refractivity contribution in [2.75, 3.05) is 7.05 Å². The molecule has 2 N–H and O–H groups in total. The molecular formula is C11H13N5OS. The van der Waals surface area contributed by atoms with Gasteiger partial charge in [0.05, 0.1) is 0 Å². The lowest BCUT2D eigenvalue weighted by molar-refractivity contribution is -0.123. The van der Waals surface area contributed by atoms with E-state index in [1.807, 2.05) is 18.2 Å². The number of carbonyl (C=O) groups excluding carboxylic acids is 1. The normalized spacial score (nSPS) is 12.1. The highest BCUT2D eigenvalue weighted by Crippen LogP contribution is 2.18. The molecule has 2 heterocycles. The van der Waals surface area contributed by atoms with Crippen LogP contribution in [0.1, 0.15) is 13.0 Å². The third kappa shape index (κ3) is 2.17. The summed E-state index contributed by atoms with van der Waals surface area (Å²) in [5.41, 5.74) is 0.667. The first-order valence-electron chi connectivity index (χ1n) is 5.45. The minimum absolute atomic E-state index is 0.135. The fourth-order valence-electron chi connectivity index (χ4n) is 1.67. The van der Waals surface area contributed by atoms with Crippen molar-refractivity contribution in [3.63, 3.8) is 0 Å². The monoisotopic (exact) mass is 263 g/mol. The molecule has 0 aromatic carbocycles. The number of nitrogens with zero attached hydrogens (tertiary/aromatic N) is 3. The number of nitrogens with one attached hydrogen (secondary N) is 2. The molecule has 1 unspecified atom stereocenters. The van der Waals surface area contributed by atoms with Gasteiger partial charge >= 0.3 is 0 Å². The third-order valence-corrected chi connectivity index (χ3v) is 2.90. The molecule has 0 aliphatic heterocycles. The van der Waals surface area contributed by atoms with Crippen LogP contribution in [-0.4, -0.2) is 32.7 Å². The molecule has 2 rings (SSSR count). The highest BCUT2D eigenvalue weighted by molar-refractivity contribution is 7.71. The first-order valence-corrected chi connectivity index (χ1v) is 5.86. The summed E-state index contributed by atoms with van der Waals surface area (Å²) in [4.78, 5) is 15.9. The molecule has 0 radical (unpaired) electrons. The first kappa shape index (κ1) is 12.4. The van der Waals surface area contributed by atoms with Crippen LogP contribution in [0.3, 0.4) is 0 Å². The number of rotatable bonds is 3. The molecule has 2 aromatic heterocycles. The van der Waals surface area contributed by atoms with Crippen molar-refractivity contribution >= 4 is 18.1 Å². The van der Waals surface area contributed by atoms with Gasteiger partial charge in [-0.15, -0.1) is 0 Å². The van der Waals surface area contributed by atoms with E-state index in [9.17, 15) is 4.79 Å². The number of hydrogen-bond donors (Lipinski definition) is 2. The van der Waals surface area contributed by atoms with Crippen LogP contribution < -0.4 is 5.32 Å². The summed E-state index contributed by atoms with van der Waals surface area (Å²) in [6.45, 7) is 1.76. The lowest BCUT2D eigenvalue weighted by Crippen LogP contribution is -2.28. The summed E-state index contributed by atoms with van der Waals surface area (Å²) in [5.74, 6) is 0.418. The average molecular weight is 263 g/mol. The Hall–Kier alpha value is -2.02. The Balaban J connectivity index is 2.52. The Kier molecular flexibility index (Phi) is 3.52. The van der Waals surface area contributed by atoms with Crippen LogP contribution in [0, 0.1) is 4.77 Å². The lowest BCUT2D eigenvalue weighted by Gasteiger charge is -2.13. The number of aromatic nitrogens is 4. The van der Waals surface area contributed by atoms with E-state index in [1.54, 1.807) is 24.7 Å². The van der Waals surface area contributed by atoms with Gasteiger partial charge in [0.15, 0.2) is 10.6 Å². The molecule has 0 spiro atoms. The van der Waals surface area contributed by atoms with Gasteiger partial charge in [0.2, 0.25) is 5.91 Å². The molecule has 0 fully saturated rings. The lowest BCUT2D eigenvalue weighted by atomic mass is 10.2. The summed E-state index contributed by atoms with van der Waals surface area (Å²) in [6.07, 6.45) is 1.67. The molecule has 0 aliphatic rings. The summed E-state index contributed by atoms with van der Waals surface area (Å²) < 4.78 is 2.04. The van der Waals surface area contributed by atoms with Gasteiger partial charge in [0.25, 0.3) is 0 Å². The van der Waals surface area contributed by atoms with Gasteiger partial charge in [0, 0.05) is 13.2 Å². The van der Waals surface area contributed by atoms with E-state index >= 15 is 0 Å². The zero-order valence-electron chi connectivity index (χ0n) is 10.0. The summed E-state index contributed by atoms with van der Waals surface area (Å²) >= 11 is 5.15. The van der Waals surface area contributed by atoms with E-state index in [2.05, 4.69) is 20.5 Å². The average Bonchev–Trinajstić information content (AvgIpc) is 2.80. The zero-order chi connectivity index (χ0) is 13.1.